The molecule has 2 nitrogen and oxygen atoms in total. The van der Waals surface area contributed by atoms with E-state index in [1.165, 1.54) is 12.1 Å². The van der Waals surface area contributed by atoms with E-state index in [0.717, 1.165) is 6.07 Å². The molecule has 2 aromatic carbocycles. The molecule has 0 unspecified atom stereocenters. The molecule has 0 saturated heterocycles. The van der Waals surface area contributed by atoms with Gasteiger partial charge in [0.2, 0.25) is 5.78 Å². The zero-order valence-electron chi connectivity index (χ0n) is 9.70. The van der Waals surface area contributed by atoms with E-state index in [-0.39, 0.29) is 17.2 Å². The average molecular weight is 299 g/mol. The van der Waals surface area contributed by atoms with Gasteiger partial charge in [0.15, 0.2) is 6.61 Å². The lowest BCUT2D eigenvalue weighted by Gasteiger charge is -2.07. The second kappa shape index (κ2) is 6.04. The van der Waals surface area contributed by atoms with Gasteiger partial charge in [-0.1, -0.05) is 29.3 Å². The number of carbonyl (C=O) groups is 1. The lowest BCUT2D eigenvalue weighted by molar-refractivity contribution is 0.0921. The van der Waals surface area contributed by atoms with Crippen LogP contribution >= 0.6 is 23.2 Å². The number of ether oxygens (including phenoxy) is 1. The summed E-state index contributed by atoms with van der Waals surface area (Å²) in [5, 5.41) is 0.704. The second-order valence-corrected chi connectivity index (χ2v) is 4.64. The highest BCUT2D eigenvalue weighted by atomic mass is 35.5. The number of benzene rings is 2. The molecule has 0 fully saturated rings. The minimum atomic E-state index is -0.518. The highest BCUT2D eigenvalue weighted by molar-refractivity contribution is 6.34. The Bertz CT molecular complexity index is 614. The minimum Gasteiger partial charge on any atom is -0.485 e. The zero-order chi connectivity index (χ0) is 13.8. The van der Waals surface area contributed by atoms with Crippen LogP contribution in [0.15, 0.2) is 42.5 Å². The van der Waals surface area contributed by atoms with Crippen LogP contribution in [0.2, 0.25) is 10.0 Å². The second-order valence-electron chi connectivity index (χ2n) is 3.79. The van der Waals surface area contributed by atoms with E-state index in [1.54, 1.807) is 24.3 Å². The van der Waals surface area contributed by atoms with Crippen LogP contribution in [0.25, 0.3) is 0 Å². The normalized spacial score (nSPS) is 10.3. The van der Waals surface area contributed by atoms with E-state index in [2.05, 4.69) is 0 Å². The molecule has 0 N–H and O–H groups in total. The highest BCUT2D eigenvalue weighted by Crippen LogP contribution is 2.20. The Morgan fingerprint density at radius 3 is 2.68 bits per heavy atom. The molecule has 0 heterocycles. The SMILES string of the molecule is O=C(COc1cccc(Cl)c1)c1cc(F)ccc1Cl. The number of halogens is 3. The molecule has 98 valence electrons. The molecule has 0 bridgehead atoms. The summed E-state index contributed by atoms with van der Waals surface area (Å²) in [6.07, 6.45) is 0. The van der Waals surface area contributed by atoms with Crippen LogP contribution in [0.4, 0.5) is 4.39 Å². The number of Topliss-reactive ketones (excluding diaryl/α,β-unsaturated/α-hetero) is 1. The molecule has 0 aliphatic heterocycles. The number of ketones is 1. The van der Waals surface area contributed by atoms with Gasteiger partial charge in [-0.2, -0.15) is 0 Å². The average Bonchev–Trinajstić information content (AvgIpc) is 2.39. The van der Waals surface area contributed by atoms with Crippen LogP contribution in [0.5, 0.6) is 5.75 Å². The van der Waals surface area contributed by atoms with Gasteiger partial charge in [-0.05, 0) is 36.4 Å². The lowest BCUT2D eigenvalue weighted by atomic mass is 10.1. The molecule has 2 rings (SSSR count). The van der Waals surface area contributed by atoms with Crippen molar-refractivity contribution in [3.05, 3.63) is 63.9 Å². The van der Waals surface area contributed by atoms with Crippen LogP contribution < -0.4 is 4.74 Å². The summed E-state index contributed by atoms with van der Waals surface area (Å²) in [6, 6.07) is 10.3. The first-order valence-electron chi connectivity index (χ1n) is 5.43. The first kappa shape index (κ1) is 13.8. The Balaban J connectivity index is 2.07. The summed E-state index contributed by atoms with van der Waals surface area (Å²) in [4.78, 5) is 11.9. The number of carbonyl (C=O) groups excluding carboxylic acids is 1. The van der Waals surface area contributed by atoms with Crippen molar-refractivity contribution in [3.63, 3.8) is 0 Å². The van der Waals surface area contributed by atoms with Crippen molar-refractivity contribution in [2.75, 3.05) is 6.61 Å². The molecule has 0 aliphatic rings. The van der Waals surface area contributed by atoms with Gasteiger partial charge < -0.3 is 4.74 Å². The van der Waals surface area contributed by atoms with E-state index in [9.17, 15) is 9.18 Å². The molecule has 0 saturated carbocycles. The fourth-order valence-electron chi connectivity index (χ4n) is 1.49. The standard InChI is InChI=1S/C14H9Cl2FO2/c15-9-2-1-3-11(6-9)19-8-14(18)12-7-10(17)4-5-13(12)16/h1-7H,8H2. The summed E-state index contributed by atoms with van der Waals surface area (Å²) in [5.41, 5.74) is 0.101. The third-order valence-corrected chi connectivity index (χ3v) is 2.96. The molecule has 0 aromatic heterocycles. The van der Waals surface area contributed by atoms with Gasteiger partial charge >= 0.3 is 0 Å². The van der Waals surface area contributed by atoms with Gasteiger partial charge in [0.25, 0.3) is 0 Å². The maximum Gasteiger partial charge on any atom is 0.201 e. The van der Waals surface area contributed by atoms with E-state index >= 15 is 0 Å². The van der Waals surface area contributed by atoms with Gasteiger partial charge in [-0.25, -0.2) is 4.39 Å². The number of rotatable bonds is 4. The van der Waals surface area contributed by atoms with Gasteiger partial charge in [-0.15, -0.1) is 0 Å². The molecule has 0 atom stereocenters. The van der Waals surface area contributed by atoms with Crippen LogP contribution in [0.3, 0.4) is 0 Å². The van der Waals surface area contributed by atoms with Crippen LogP contribution in [-0.4, -0.2) is 12.4 Å². The Labute approximate surface area is 119 Å². The Morgan fingerprint density at radius 1 is 1.16 bits per heavy atom. The summed E-state index contributed by atoms with van der Waals surface area (Å²) in [6.45, 7) is -0.233. The first-order valence-corrected chi connectivity index (χ1v) is 6.18. The Hall–Kier alpha value is -1.58. The predicted molar refractivity (Wildman–Crippen MR) is 72.7 cm³/mol. The van der Waals surface area contributed by atoms with Gasteiger partial charge in [0, 0.05) is 10.6 Å². The molecular weight excluding hydrogens is 290 g/mol. The smallest absolute Gasteiger partial charge is 0.201 e. The van der Waals surface area contributed by atoms with Gasteiger partial charge in [0.05, 0.1) is 5.02 Å². The first-order chi connectivity index (χ1) is 9.06. The van der Waals surface area contributed by atoms with E-state index in [1.807, 2.05) is 0 Å². The van der Waals surface area contributed by atoms with E-state index in [4.69, 9.17) is 27.9 Å². The van der Waals surface area contributed by atoms with Crippen molar-refractivity contribution >= 4 is 29.0 Å². The third-order valence-electron chi connectivity index (χ3n) is 2.39. The van der Waals surface area contributed by atoms with Crippen molar-refractivity contribution in [2.45, 2.75) is 0 Å². The summed E-state index contributed by atoms with van der Waals surface area (Å²) in [7, 11) is 0. The maximum atomic E-state index is 13.1. The van der Waals surface area contributed by atoms with Crippen molar-refractivity contribution in [1.82, 2.24) is 0 Å². The number of hydrogen-bond donors (Lipinski definition) is 0. The van der Waals surface area contributed by atoms with Crippen LogP contribution in [0, 0.1) is 5.82 Å². The van der Waals surface area contributed by atoms with Crippen molar-refractivity contribution in [2.24, 2.45) is 0 Å². The molecule has 0 amide bonds. The zero-order valence-corrected chi connectivity index (χ0v) is 11.2. The number of hydrogen-bond acceptors (Lipinski definition) is 2. The van der Waals surface area contributed by atoms with Crippen molar-refractivity contribution in [3.8, 4) is 5.75 Å². The molecule has 5 heteroatoms. The van der Waals surface area contributed by atoms with Crippen LogP contribution in [-0.2, 0) is 0 Å². The quantitative estimate of drug-likeness (QED) is 0.782. The fourth-order valence-corrected chi connectivity index (χ4v) is 1.90. The monoisotopic (exact) mass is 298 g/mol. The lowest BCUT2D eigenvalue weighted by Crippen LogP contribution is -2.12. The summed E-state index contributed by atoms with van der Waals surface area (Å²) in [5.74, 6) is -0.451. The molecule has 0 spiro atoms. The Morgan fingerprint density at radius 2 is 1.95 bits per heavy atom. The minimum absolute atomic E-state index is 0.101. The van der Waals surface area contributed by atoms with E-state index < -0.39 is 11.6 Å². The molecule has 0 radical (unpaired) electrons. The topological polar surface area (TPSA) is 26.3 Å². The van der Waals surface area contributed by atoms with Crippen LogP contribution in [0.1, 0.15) is 10.4 Å². The molecule has 0 aliphatic carbocycles. The summed E-state index contributed by atoms with van der Waals surface area (Å²) < 4.78 is 18.3. The van der Waals surface area contributed by atoms with Gasteiger partial charge in [-0.3, -0.25) is 4.79 Å². The highest BCUT2D eigenvalue weighted by Gasteiger charge is 2.12. The van der Waals surface area contributed by atoms with Crippen molar-refractivity contribution in [1.29, 1.82) is 0 Å². The molecule has 19 heavy (non-hydrogen) atoms. The maximum absolute atomic E-state index is 13.1. The van der Waals surface area contributed by atoms with Gasteiger partial charge in [0.1, 0.15) is 11.6 Å². The molecule has 2 aromatic rings. The largest absolute Gasteiger partial charge is 0.485 e. The predicted octanol–water partition coefficient (Wildman–Crippen LogP) is 4.39. The third kappa shape index (κ3) is 3.69. The summed E-state index contributed by atoms with van der Waals surface area (Å²) >= 11 is 11.6. The van der Waals surface area contributed by atoms with E-state index in [0.29, 0.717) is 10.8 Å². The Kier molecular flexibility index (Phi) is 4.40. The fraction of sp³-hybridized carbons (Fsp3) is 0.0714. The van der Waals surface area contributed by atoms with Crippen molar-refractivity contribution < 1.29 is 13.9 Å². The molecular formula is C14H9Cl2FO2.